The Morgan fingerprint density at radius 2 is 1.13 bits per heavy atom. The Balaban J connectivity index is 1.46. The van der Waals surface area contributed by atoms with Crippen molar-refractivity contribution in [2.24, 2.45) is 0 Å². The van der Waals surface area contributed by atoms with Crippen molar-refractivity contribution >= 4 is 11.8 Å². The van der Waals surface area contributed by atoms with Gasteiger partial charge in [0.25, 0.3) is 0 Å². The van der Waals surface area contributed by atoms with Crippen molar-refractivity contribution in [1.29, 1.82) is 0 Å². The second-order valence-electron chi connectivity index (χ2n) is 6.06. The van der Waals surface area contributed by atoms with Gasteiger partial charge in [-0.05, 0) is 0 Å². The number of amides is 2. The van der Waals surface area contributed by atoms with E-state index < -0.39 is 0 Å². The van der Waals surface area contributed by atoms with Crippen LogP contribution in [0, 0.1) is 0 Å². The Hall–Kier alpha value is -1.22. The van der Waals surface area contributed by atoms with Gasteiger partial charge in [-0.1, -0.05) is 0 Å². The molecule has 8 nitrogen and oxygen atoms in total. The molecule has 0 aromatic carbocycles. The minimum atomic E-state index is -0.00839. The zero-order valence-electron chi connectivity index (χ0n) is 13.9. The lowest BCUT2D eigenvalue weighted by atomic mass is 10.3. The van der Waals surface area contributed by atoms with Gasteiger partial charge in [-0.15, -0.1) is 0 Å². The number of hydrogen-bond acceptors (Lipinski definition) is 6. The van der Waals surface area contributed by atoms with Crippen molar-refractivity contribution in [3.05, 3.63) is 0 Å². The van der Waals surface area contributed by atoms with Crippen LogP contribution in [0.5, 0.6) is 0 Å². The highest BCUT2D eigenvalue weighted by Crippen LogP contribution is 1.95. The molecule has 4 N–H and O–H groups in total. The first kappa shape index (κ1) is 18.1. The lowest BCUT2D eigenvalue weighted by Crippen LogP contribution is -2.46. The SMILES string of the molecule is O=C(CCN1CCNCC1)NCNC(=O)CCN1CCNCC1. The third kappa shape index (κ3) is 7.74. The molecular weight excluding hydrogens is 296 g/mol. The van der Waals surface area contributed by atoms with Crippen LogP contribution in [0.2, 0.25) is 0 Å². The van der Waals surface area contributed by atoms with Gasteiger partial charge in [-0.3, -0.25) is 9.59 Å². The molecule has 2 fully saturated rings. The highest BCUT2D eigenvalue weighted by atomic mass is 16.2. The summed E-state index contributed by atoms with van der Waals surface area (Å²) < 4.78 is 0. The average Bonchev–Trinajstić information content (AvgIpc) is 2.60. The Labute approximate surface area is 138 Å². The maximum Gasteiger partial charge on any atom is 0.222 e. The molecule has 0 radical (unpaired) electrons. The van der Waals surface area contributed by atoms with Crippen LogP contribution in [0.15, 0.2) is 0 Å². The van der Waals surface area contributed by atoms with Gasteiger partial charge in [0.05, 0.1) is 6.67 Å². The highest BCUT2D eigenvalue weighted by molar-refractivity contribution is 5.78. The summed E-state index contributed by atoms with van der Waals surface area (Å²) in [6.45, 7) is 9.73. The van der Waals surface area contributed by atoms with Gasteiger partial charge in [0.1, 0.15) is 0 Å². The molecule has 8 heteroatoms. The lowest BCUT2D eigenvalue weighted by Gasteiger charge is -2.27. The zero-order valence-corrected chi connectivity index (χ0v) is 13.9. The minimum Gasteiger partial charge on any atom is -0.339 e. The number of nitrogens with one attached hydrogen (secondary N) is 4. The second kappa shape index (κ2) is 10.5. The van der Waals surface area contributed by atoms with Crippen LogP contribution in [0.3, 0.4) is 0 Å². The molecule has 0 bridgehead atoms. The molecule has 0 unspecified atom stereocenters. The Morgan fingerprint density at radius 3 is 1.52 bits per heavy atom. The molecule has 2 heterocycles. The van der Waals surface area contributed by atoms with Gasteiger partial charge in [0.2, 0.25) is 11.8 Å². The number of carbonyl (C=O) groups is 2. The molecule has 0 spiro atoms. The van der Waals surface area contributed by atoms with E-state index in [-0.39, 0.29) is 18.5 Å². The Kier molecular flexibility index (Phi) is 8.30. The van der Waals surface area contributed by atoms with Gasteiger partial charge in [-0.25, -0.2) is 0 Å². The normalized spacial score (nSPS) is 20.2. The zero-order chi connectivity index (χ0) is 16.3. The summed E-state index contributed by atoms with van der Waals surface area (Å²) in [6, 6.07) is 0. The van der Waals surface area contributed by atoms with Crippen molar-refractivity contribution in [2.45, 2.75) is 12.8 Å². The monoisotopic (exact) mass is 326 g/mol. The van der Waals surface area contributed by atoms with Gasteiger partial charge in [-0.2, -0.15) is 0 Å². The van der Waals surface area contributed by atoms with Crippen LogP contribution in [0.4, 0.5) is 0 Å². The Morgan fingerprint density at radius 1 is 0.739 bits per heavy atom. The van der Waals surface area contributed by atoms with Crippen molar-refractivity contribution in [1.82, 2.24) is 31.1 Å². The molecule has 2 aliphatic heterocycles. The molecule has 0 saturated carbocycles. The highest BCUT2D eigenvalue weighted by Gasteiger charge is 2.12. The summed E-state index contributed by atoms with van der Waals surface area (Å²) in [6.07, 6.45) is 0.966. The Bertz CT molecular complexity index is 333. The summed E-state index contributed by atoms with van der Waals surface area (Å²) in [5.41, 5.74) is 0. The molecular formula is C15H30N6O2. The van der Waals surface area contributed by atoms with Crippen molar-refractivity contribution in [3.8, 4) is 0 Å². The largest absolute Gasteiger partial charge is 0.339 e. The molecule has 0 aliphatic carbocycles. The van der Waals surface area contributed by atoms with E-state index in [0.717, 1.165) is 65.4 Å². The molecule has 0 aromatic heterocycles. The van der Waals surface area contributed by atoms with E-state index in [1.807, 2.05) is 0 Å². The smallest absolute Gasteiger partial charge is 0.222 e. The summed E-state index contributed by atoms with van der Waals surface area (Å²) >= 11 is 0. The fraction of sp³-hybridized carbons (Fsp3) is 0.867. The standard InChI is InChI=1S/C15H30N6O2/c22-14(1-7-20-9-3-16-4-10-20)18-13-19-15(23)2-8-21-11-5-17-6-12-21/h16-17H,1-13H2,(H,18,22)(H,19,23). The number of nitrogens with zero attached hydrogens (tertiary/aromatic N) is 2. The van der Waals surface area contributed by atoms with Crippen molar-refractivity contribution in [3.63, 3.8) is 0 Å². The van der Waals surface area contributed by atoms with Crippen LogP contribution < -0.4 is 21.3 Å². The van der Waals surface area contributed by atoms with Crippen LogP contribution in [-0.4, -0.2) is 93.7 Å². The first-order valence-electron chi connectivity index (χ1n) is 8.63. The second-order valence-corrected chi connectivity index (χ2v) is 6.06. The fourth-order valence-corrected chi connectivity index (χ4v) is 2.81. The maximum atomic E-state index is 11.8. The number of rotatable bonds is 8. The van der Waals surface area contributed by atoms with E-state index in [1.54, 1.807) is 0 Å². The van der Waals surface area contributed by atoms with Crippen LogP contribution >= 0.6 is 0 Å². The first-order chi connectivity index (χ1) is 11.2. The number of hydrogen-bond donors (Lipinski definition) is 4. The summed E-state index contributed by atoms with van der Waals surface area (Å²) in [5, 5.41) is 12.1. The first-order valence-corrected chi connectivity index (χ1v) is 8.63. The van der Waals surface area contributed by atoms with Crippen LogP contribution in [0.25, 0.3) is 0 Å². The van der Waals surface area contributed by atoms with Gasteiger partial charge in [0, 0.05) is 78.3 Å². The molecule has 2 saturated heterocycles. The molecule has 2 aliphatic rings. The molecule has 0 aromatic rings. The fourth-order valence-electron chi connectivity index (χ4n) is 2.81. The van der Waals surface area contributed by atoms with Crippen molar-refractivity contribution in [2.75, 3.05) is 72.1 Å². The van der Waals surface area contributed by atoms with Crippen molar-refractivity contribution < 1.29 is 9.59 Å². The molecule has 2 amide bonds. The molecule has 132 valence electrons. The third-order valence-electron chi connectivity index (χ3n) is 4.30. The van der Waals surface area contributed by atoms with E-state index in [2.05, 4.69) is 31.1 Å². The summed E-state index contributed by atoms with van der Waals surface area (Å²) in [5.74, 6) is -0.0168. The summed E-state index contributed by atoms with van der Waals surface area (Å²) in [7, 11) is 0. The predicted octanol–water partition coefficient (Wildman–Crippen LogP) is -2.23. The average molecular weight is 326 g/mol. The van der Waals surface area contributed by atoms with E-state index in [0.29, 0.717) is 12.8 Å². The van der Waals surface area contributed by atoms with Gasteiger partial charge >= 0.3 is 0 Å². The van der Waals surface area contributed by atoms with Crippen LogP contribution in [0.1, 0.15) is 12.8 Å². The van der Waals surface area contributed by atoms with Gasteiger partial charge in [0.15, 0.2) is 0 Å². The molecule has 2 rings (SSSR count). The quantitative estimate of drug-likeness (QED) is 0.378. The van der Waals surface area contributed by atoms with Gasteiger partial charge < -0.3 is 31.1 Å². The maximum absolute atomic E-state index is 11.8. The van der Waals surface area contributed by atoms with E-state index >= 15 is 0 Å². The predicted molar refractivity (Wildman–Crippen MR) is 89.0 cm³/mol. The van der Waals surface area contributed by atoms with Crippen LogP contribution in [-0.2, 0) is 9.59 Å². The van der Waals surface area contributed by atoms with E-state index in [9.17, 15) is 9.59 Å². The molecule has 23 heavy (non-hydrogen) atoms. The third-order valence-corrected chi connectivity index (χ3v) is 4.30. The molecule has 0 atom stereocenters. The van der Waals surface area contributed by atoms with E-state index in [4.69, 9.17) is 0 Å². The number of piperazine rings is 2. The van der Waals surface area contributed by atoms with E-state index in [1.165, 1.54) is 0 Å². The lowest BCUT2D eigenvalue weighted by molar-refractivity contribution is -0.123. The number of carbonyl (C=O) groups excluding carboxylic acids is 2. The minimum absolute atomic E-state index is 0.00839. The topological polar surface area (TPSA) is 88.7 Å². The summed E-state index contributed by atoms with van der Waals surface area (Å²) in [4.78, 5) is 28.1.